The average molecular weight is 336 g/mol. The molecule has 1 N–H and O–H groups in total. The van der Waals surface area contributed by atoms with Crippen LogP contribution in [0.15, 0.2) is 63.7 Å². The molecule has 1 aliphatic carbocycles. The number of amides is 1. The third-order valence-electron chi connectivity index (χ3n) is 4.72. The molecule has 5 nitrogen and oxygen atoms in total. The van der Waals surface area contributed by atoms with Crippen LogP contribution in [0.25, 0.3) is 11.5 Å². The van der Waals surface area contributed by atoms with Crippen LogP contribution in [-0.4, -0.2) is 17.6 Å². The van der Waals surface area contributed by atoms with Crippen LogP contribution in [0.1, 0.15) is 30.5 Å². The van der Waals surface area contributed by atoms with Crippen molar-refractivity contribution in [2.24, 2.45) is 0 Å². The van der Waals surface area contributed by atoms with E-state index in [4.69, 9.17) is 8.94 Å². The molecule has 0 unspecified atom stereocenters. The molecular formula is C20H20N2O3. The summed E-state index contributed by atoms with van der Waals surface area (Å²) in [5.74, 6) is 1.22. The summed E-state index contributed by atoms with van der Waals surface area (Å²) >= 11 is 0. The van der Waals surface area contributed by atoms with Gasteiger partial charge in [-0.25, -0.2) is 0 Å². The predicted molar refractivity (Wildman–Crippen MR) is 92.9 cm³/mol. The van der Waals surface area contributed by atoms with Gasteiger partial charge in [-0.2, -0.15) is 0 Å². The highest BCUT2D eigenvalue weighted by Crippen LogP contribution is 2.48. The number of carbonyl (C=O) groups excluding carboxylic acids is 1. The lowest BCUT2D eigenvalue weighted by Crippen LogP contribution is -2.35. The van der Waals surface area contributed by atoms with Gasteiger partial charge < -0.3 is 14.3 Å². The fourth-order valence-electron chi connectivity index (χ4n) is 3.07. The van der Waals surface area contributed by atoms with Gasteiger partial charge in [0.1, 0.15) is 0 Å². The number of hydrogen-bond donors (Lipinski definition) is 1. The van der Waals surface area contributed by atoms with Gasteiger partial charge in [0.25, 0.3) is 0 Å². The Kier molecular flexibility index (Phi) is 4.14. The minimum Gasteiger partial charge on any atom is -0.461 e. The van der Waals surface area contributed by atoms with E-state index >= 15 is 0 Å². The van der Waals surface area contributed by atoms with Gasteiger partial charge >= 0.3 is 0 Å². The number of hydrogen-bond acceptors (Lipinski definition) is 4. The standard InChI is InChI=1S/C20H20N2O3/c23-19(21-12-4-8-15-6-2-1-3-7-15)20(10-11-20)18-14-17(25-22-18)16-9-5-13-24-16/h1-3,5-7,9,13-14H,4,8,10-12H2,(H,21,23). The van der Waals surface area contributed by atoms with E-state index in [2.05, 4.69) is 22.6 Å². The van der Waals surface area contributed by atoms with Crippen LogP contribution in [0.2, 0.25) is 0 Å². The van der Waals surface area contributed by atoms with Crippen LogP contribution in [0.4, 0.5) is 0 Å². The fraction of sp³-hybridized carbons (Fsp3) is 0.300. The molecule has 2 aromatic heterocycles. The first kappa shape index (κ1) is 15.7. The molecule has 5 heteroatoms. The molecule has 0 aliphatic heterocycles. The molecule has 4 rings (SSSR count). The number of nitrogens with zero attached hydrogens (tertiary/aromatic N) is 1. The maximum Gasteiger partial charge on any atom is 0.232 e. The van der Waals surface area contributed by atoms with Crippen LogP contribution < -0.4 is 5.32 Å². The number of nitrogens with one attached hydrogen (secondary N) is 1. The Hall–Kier alpha value is -2.82. The molecule has 1 fully saturated rings. The van der Waals surface area contributed by atoms with E-state index in [0.717, 1.165) is 25.7 Å². The van der Waals surface area contributed by atoms with E-state index in [9.17, 15) is 4.79 Å². The third-order valence-corrected chi connectivity index (χ3v) is 4.72. The second-order valence-electron chi connectivity index (χ2n) is 6.48. The fourth-order valence-corrected chi connectivity index (χ4v) is 3.07. The highest BCUT2D eigenvalue weighted by atomic mass is 16.5. The summed E-state index contributed by atoms with van der Waals surface area (Å²) in [6.45, 7) is 0.665. The van der Waals surface area contributed by atoms with Crippen molar-refractivity contribution < 1.29 is 13.7 Å². The zero-order valence-electron chi connectivity index (χ0n) is 13.9. The highest BCUT2D eigenvalue weighted by molar-refractivity contribution is 5.90. The predicted octanol–water partition coefficient (Wildman–Crippen LogP) is 3.72. The number of rotatable bonds is 7. The Morgan fingerprint density at radius 2 is 1.96 bits per heavy atom. The van der Waals surface area contributed by atoms with Gasteiger partial charge in [0.15, 0.2) is 5.76 Å². The van der Waals surface area contributed by atoms with E-state index in [1.165, 1.54) is 5.56 Å². The zero-order chi connectivity index (χ0) is 17.1. The largest absolute Gasteiger partial charge is 0.461 e. The normalized spacial score (nSPS) is 15.0. The van der Waals surface area contributed by atoms with Gasteiger partial charge in [0.2, 0.25) is 11.7 Å². The van der Waals surface area contributed by atoms with Crippen LogP contribution in [0.5, 0.6) is 0 Å². The van der Waals surface area contributed by atoms with Gasteiger partial charge in [0, 0.05) is 12.6 Å². The summed E-state index contributed by atoms with van der Waals surface area (Å²) in [6.07, 6.45) is 5.08. The van der Waals surface area contributed by atoms with Gasteiger partial charge in [-0.3, -0.25) is 4.79 Å². The molecule has 25 heavy (non-hydrogen) atoms. The molecule has 0 spiro atoms. The van der Waals surface area contributed by atoms with Crippen molar-refractivity contribution in [1.82, 2.24) is 10.5 Å². The molecule has 0 atom stereocenters. The summed E-state index contributed by atoms with van der Waals surface area (Å²) in [4.78, 5) is 12.6. The van der Waals surface area contributed by atoms with Gasteiger partial charge in [0.05, 0.1) is 17.4 Å². The highest BCUT2D eigenvalue weighted by Gasteiger charge is 2.53. The number of carbonyl (C=O) groups is 1. The van der Waals surface area contributed by atoms with E-state index in [1.54, 1.807) is 12.3 Å². The first-order valence-electron chi connectivity index (χ1n) is 8.61. The summed E-state index contributed by atoms with van der Waals surface area (Å²) in [5.41, 5.74) is 1.46. The minimum atomic E-state index is -0.527. The number of aromatic nitrogens is 1. The number of furan rings is 1. The molecule has 2 heterocycles. The van der Waals surface area contributed by atoms with Crippen molar-refractivity contribution in [2.75, 3.05) is 6.54 Å². The molecule has 0 saturated heterocycles. The van der Waals surface area contributed by atoms with Crippen LogP contribution >= 0.6 is 0 Å². The molecule has 3 aromatic rings. The van der Waals surface area contributed by atoms with Crippen molar-refractivity contribution >= 4 is 5.91 Å². The second kappa shape index (κ2) is 6.59. The Morgan fingerprint density at radius 3 is 2.68 bits per heavy atom. The van der Waals surface area contributed by atoms with Crippen molar-refractivity contribution in [3.8, 4) is 11.5 Å². The quantitative estimate of drug-likeness (QED) is 0.668. The molecule has 1 aromatic carbocycles. The maximum atomic E-state index is 12.6. The van der Waals surface area contributed by atoms with E-state index < -0.39 is 5.41 Å². The summed E-state index contributed by atoms with van der Waals surface area (Å²) in [6, 6.07) is 15.7. The first-order valence-corrected chi connectivity index (χ1v) is 8.61. The van der Waals surface area contributed by atoms with Crippen molar-refractivity contribution in [1.29, 1.82) is 0 Å². The molecule has 0 radical (unpaired) electrons. The lowest BCUT2D eigenvalue weighted by molar-refractivity contribution is -0.123. The summed E-state index contributed by atoms with van der Waals surface area (Å²) < 4.78 is 10.7. The molecule has 1 saturated carbocycles. The lowest BCUT2D eigenvalue weighted by Gasteiger charge is -2.12. The van der Waals surface area contributed by atoms with E-state index in [-0.39, 0.29) is 5.91 Å². The Labute approximate surface area is 146 Å². The van der Waals surface area contributed by atoms with Gasteiger partial charge in [-0.15, -0.1) is 0 Å². The van der Waals surface area contributed by atoms with E-state index in [1.807, 2.05) is 30.3 Å². The summed E-state index contributed by atoms with van der Waals surface area (Å²) in [7, 11) is 0. The lowest BCUT2D eigenvalue weighted by atomic mass is 10.0. The monoisotopic (exact) mass is 336 g/mol. The molecular weight excluding hydrogens is 316 g/mol. The topological polar surface area (TPSA) is 68.3 Å². The van der Waals surface area contributed by atoms with Gasteiger partial charge in [-0.05, 0) is 43.4 Å². The second-order valence-corrected chi connectivity index (χ2v) is 6.48. The third kappa shape index (κ3) is 3.22. The van der Waals surface area contributed by atoms with Crippen molar-refractivity contribution in [3.63, 3.8) is 0 Å². The minimum absolute atomic E-state index is 0.0415. The van der Waals surface area contributed by atoms with E-state index in [0.29, 0.717) is 23.8 Å². The number of aryl methyl sites for hydroxylation is 1. The smallest absolute Gasteiger partial charge is 0.232 e. The zero-order valence-corrected chi connectivity index (χ0v) is 13.9. The Balaban J connectivity index is 1.34. The van der Waals surface area contributed by atoms with Crippen molar-refractivity contribution in [3.05, 3.63) is 66.1 Å². The van der Waals surface area contributed by atoms with Crippen LogP contribution in [-0.2, 0) is 16.6 Å². The molecule has 1 amide bonds. The number of benzene rings is 1. The Morgan fingerprint density at radius 1 is 1.12 bits per heavy atom. The van der Waals surface area contributed by atoms with Crippen LogP contribution in [0, 0.1) is 0 Å². The molecule has 1 aliphatic rings. The summed E-state index contributed by atoms with van der Waals surface area (Å²) in [5, 5.41) is 7.16. The average Bonchev–Trinajstić information content (AvgIpc) is 3.06. The molecule has 0 bridgehead atoms. The first-order chi connectivity index (χ1) is 12.3. The van der Waals surface area contributed by atoms with Gasteiger partial charge in [-0.1, -0.05) is 35.5 Å². The van der Waals surface area contributed by atoms with Crippen LogP contribution in [0.3, 0.4) is 0 Å². The molecule has 128 valence electrons. The SMILES string of the molecule is O=C(NCCCc1ccccc1)C1(c2cc(-c3ccco3)on2)CC1. The maximum absolute atomic E-state index is 12.6. The Bertz CT molecular complexity index is 833. The van der Waals surface area contributed by atoms with Crippen molar-refractivity contribution in [2.45, 2.75) is 31.1 Å².